The third-order valence-electron chi connectivity index (χ3n) is 8.05. The van der Waals surface area contributed by atoms with Crippen molar-refractivity contribution >= 4 is 0 Å². The normalized spacial score (nSPS) is 19.0. The Bertz CT molecular complexity index is 1080. The van der Waals surface area contributed by atoms with Gasteiger partial charge in [-0.3, -0.25) is 0 Å². The van der Waals surface area contributed by atoms with Gasteiger partial charge in [-0.2, -0.15) is 0 Å². The zero-order valence-corrected chi connectivity index (χ0v) is 21.9. The number of aryl methyl sites for hydroxylation is 2. The molecule has 1 aliphatic rings. The van der Waals surface area contributed by atoms with Gasteiger partial charge in [-0.1, -0.05) is 73.7 Å². The first-order chi connectivity index (χ1) is 17.5. The van der Waals surface area contributed by atoms with Gasteiger partial charge in [-0.25, -0.2) is 8.78 Å². The molecule has 1 aliphatic carbocycles. The molecule has 4 rings (SSSR count). The van der Waals surface area contributed by atoms with Gasteiger partial charge in [0.1, 0.15) is 11.6 Å². The molecule has 0 radical (unpaired) electrons. The van der Waals surface area contributed by atoms with Crippen LogP contribution in [-0.2, 0) is 19.3 Å². The van der Waals surface area contributed by atoms with E-state index in [0.29, 0.717) is 31.1 Å². The van der Waals surface area contributed by atoms with E-state index in [0.717, 1.165) is 17.9 Å². The summed E-state index contributed by atoms with van der Waals surface area (Å²) in [6, 6.07) is 22.9. The minimum Gasteiger partial charge on any atom is -0.207 e. The summed E-state index contributed by atoms with van der Waals surface area (Å²) in [6.07, 6.45) is 12.8. The quantitative estimate of drug-likeness (QED) is 0.250. The predicted octanol–water partition coefficient (Wildman–Crippen LogP) is 9.73. The average Bonchev–Trinajstić information content (AvgIpc) is 2.90. The van der Waals surface area contributed by atoms with Crippen LogP contribution in [0.1, 0.15) is 92.0 Å². The SMILES string of the molecule is C/C=C/CCc1c(F)cc(CCc2ccc(C3CCC(CC(C)c4ccccc4)CC3)cc2)cc1F. The Balaban J connectivity index is 1.25. The van der Waals surface area contributed by atoms with Crippen molar-refractivity contribution in [3.05, 3.63) is 118 Å². The summed E-state index contributed by atoms with van der Waals surface area (Å²) in [5, 5.41) is 0. The first-order valence-corrected chi connectivity index (χ1v) is 13.7. The van der Waals surface area contributed by atoms with E-state index in [1.165, 1.54) is 60.9 Å². The summed E-state index contributed by atoms with van der Waals surface area (Å²) in [6.45, 7) is 4.28. The van der Waals surface area contributed by atoms with Gasteiger partial charge >= 0.3 is 0 Å². The first kappa shape index (κ1) is 26.3. The van der Waals surface area contributed by atoms with Crippen LogP contribution < -0.4 is 0 Å². The first-order valence-electron chi connectivity index (χ1n) is 13.7. The fourth-order valence-electron chi connectivity index (χ4n) is 5.83. The highest BCUT2D eigenvalue weighted by Crippen LogP contribution is 2.39. The fraction of sp³-hybridized carbons (Fsp3) is 0.412. The maximum absolute atomic E-state index is 14.4. The lowest BCUT2D eigenvalue weighted by Gasteiger charge is -2.30. The van der Waals surface area contributed by atoms with Crippen LogP contribution in [0.5, 0.6) is 0 Å². The van der Waals surface area contributed by atoms with Gasteiger partial charge in [0.05, 0.1) is 0 Å². The maximum Gasteiger partial charge on any atom is 0.129 e. The van der Waals surface area contributed by atoms with Crippen molar-refractivity contribution in [2.45, 2.75) is 83.5 Å². The van der Waals surface area contributed by atoms with E-state index in [9.17, 15) is 8.78 Å². The molecule has 0 spiro atoms. The van der Waals surface area contributed by atoms with Gasteiger partial charge in [0.25, 0.3) is 0 Å². The number of halogens is 2. The zero-order chi connectivity index (χ0) is 25.3. The minimum atomic E-state index is -0.418. The summed E-state index contributed by atoms with van der Waals surface area (Å²) in [5.74, 6) is 1.27. The molecule has 2 heteroatoms. The van der Waals surface area contributed by atoms with Gasteiger partial charge in [0.2, 0.25) is 0 Å². The molecule has 0 amide bonds. The molecule has 3 aromatic rings. The Kier molecular flexibility index (Phi) is 9.50. The van der Waals surface area contributed by atoms with Crippen molar-refractivity contribution in [1.29, 1.82) is 0 Å². The number of benzene rings is 3. The molecule has 0 nitrogen and oxygen atoms in total. The molecule has 0 heterocycles. The molecule has 1 fully saturated rings. The lowest BCUT2D eigenvalue weighted by molar-refractivity contribution is 0.297. The van der Waals surface area contributed by atoms with Crippen LogP contribution >= 0.6 is 0 Å². The molecular formula is C34H40F2. The van der Waals surface area contributed by atoms with Crippen molar-refractivity contribution in [3.63, 3.8) is 0 Å². The largest absolute Gasteiger partial charge is 0.207 e. The summed E-state index contributed by atoms with van der Waals surface area (Å²) in [7, 11) is 0. The average molecular weight is 487 g/mol. The second-order valence-corrected chi connectivity index (χ2v) is 10.7. The van der Waals surface area contributed by atoms with E-state index in [2.05, 4.69) is 61.5 Å². The molecule has 0 aromatic heterocycles. The van der Waals surface area contributed by atoms with E-state index >= 15 is 0 Å². The smallest absolute Gasteiger partial charge is 0.129 e. The second kappa shape index (κ2) is 13.0. The molecule has 0 bridgehead atoms. The lowest BCUT2D eigenvalue weighted by atomic mass is 9.75. The molecule has 1 unspecified atom stereocenters. The van der Waals surface area contributed by atoms with Crippen LogP contribution in [0.15, 0.2) is 78.9 Å². The number of allylic oxidation sites excluding steroid dienone is 2. The Morgan fingerprint density at radius 3 is 2.08 bits per heavy atom. The number of hydrogen-bond donors (Lipinski definition) is 0. The molecule has 190 valence electrons. The molecule has 1 saturated carbocycles. The summed E-state index contributed by atoms with van der Waals surface area (Å²) < 4.78 is 28.9. The monoisotopic (exact) mass is 486 g/mol. The highest BCUT2D eigenvalue weighted by molar-refractivity contribution is 5.30. The zero-order valence-electron chi connectivity index (χ0n) is 21.9. The number of hydrogen-bond acceptors (Lipinski definition) is 0. The molecule has 0 saturated heterocycles. The molecule has 1 atom stereocenters. The van der Waals surface area contributed by atoms with Crippen molar-refractivity contribution < 1.29 is 8.78 Å². The van der Waals surface area contributed by atoms with Crippen LogP contribution in [0.25, 0.3) is 0 Å². The van der Waals surface area contributed by atoms with E-state index in [-0.39, 0.29) is 5.56 Å². The van der Waals surface area contributed by atoms with Crippen molar-refractivity contribution in [2.75, 3.05) is 0 Å². The van der Waals surface area contributed by atoms with Gasteiger partial charge < -0.3 is 0 Å². The summed E-state index contributed by atoms with van der Waals surface area (Å²) in [5.41, 5.74) is 5.05. The van der Waals surface area contributed by atoms with Gasteiger partial charge in [0, 0.05) is 5.56 Å². The highest BCUT2D eigenvalue weighted by Gasteiger charge is 2.24. The van der Waals surface area contributed by atoms with E-state index in [1.807, 2.05) is 19.1 Å². The Morgan fingerprint density at radius 1 is 0.806 bits per heavy atom. The third-order valence-corrected chi connectivity index (χ3v) is 8.05. The summed E-state index contributed by atoms with van der Waals surface area (Å²) in [4.78, 5) is 0. The van der Waals surface area contributed by atoms with Crippen LogP contribution in [0.3, 0.4) is 0 Å². The topological polar surface area (TPSA) is 0 Å². The van der Waals surface area contributed by atoms with E-state index in [1.54, 1.807) is 0 Å². The molecular weight excluding hydrogens is 446 g/mol. The fourth-order valence-corrected chi connectivity index (χ4v) is 5.83. The van der Waals surface area contributed by atoms with E-state index < -0.39 is 11.6 Å². The molecule has 0 aliphatic heterocycles. The van der Waals surface area contributed by atoms with Crippen LogP contribution in [0.4, 0.5) is 8.78 Å². The number of rotatable bonds is 10. The molecule has 0 N–H and O–H groups in total. The van der Waals surface area contributed by atoms with Crippen LogP contribution in [0.2, 0.25) is 0 Å². The lowest BCUT2D eigenvalue weighted by Crippen LogP contribution is -2.15. The standard InChI is InChI=1S/C34H40F2/c1-3-4-6-11-32-33(35)23-28(24-34(32)36)13-12-26-14-18-30(19-15-26)31-20-16-27(17-21-31)22-25(2)29-9-7-5-8-10-29/h3-5,7-10,14-15,18-19,23-25,27,31H,6,11-13,16-17,20-22H2,1-2H3/b4-3+. The van der Waals surface area contributed by atoms with E-state index in [4.69, 9.17) is 0 Å². The van der Waals surface area contributed by atoms with Crippen LogP contribution in [0, 0.1) is 17.6 Å². The second-order valence-electron chi connectivity index (χ2n) is 10.7. The van der Waals surface area contributed by atoms with Crippen LogP contribution in [-0.4, -0.2) is 0 Å². The predicted molar refractivity (Wildman–Crippen MR) is 148 cm³/mol. The van der Waals surface area contributed by atoms with Gasteiger partial charge in [-0.15, -0.1) is 0 Å². The Labute approximate surface area is 216 Å². The minimum absolute atomic E-state index is 0.199. The highest BCUT2D eigenvalue weighted by atomic mass is 19.1. The Hall–Kier alpha value is -2.74. The third kappa shape index (κ3) is 7.15. The van der Waals surface area contributed by atoms with Crippen molar-refractivity contribution in [3.8, 4) is 0 Å². The Morgan fingerprint density at radius 2 is 1.44 bits per heavy atom. The molecule has 36 heavy (non-hydrogen) atoms. The maximum atomic E-state index is 14.4. The van der Waals surface area contributed by atoms with Crippen molar-refractivity contribution in [2.24, 2.45) is 5.92 Å². The van der Waals surface area contributed by atoms with Gasteiger partial charge in [0.15, 0.2) is 0 Å². The summed E-state index contributed by atoms with van der Waals surface area (Å²) >= 11 is 0. The van der Waals surface area contributed by atoms with Gasteiger partial charge in [-0.05, 0) is 117 Å². The molecule has 3 aromatic carbocycles. The van der Waals surface area contributed by atoms with Crippen molar-refractivity contribution in [1.82, 2.24) is 0 Å².